The lowest BCUT2D eigenvalue weighted by molar-refractivity contribution is -0.137. The van der Waals surface area contributed by atoms with Crippen LogP contribution in [0.4, 0.5) is 18.0 Å². The van der Waals surface area contributed by atoms with Crippen molar-refractivity contribution in [3.63, 3.8) is 0 Å². The average Bonchev–Trinajstić information content (AvgIpc) is 3.02. The summed E-state index contributed by atoms with van der Waals surface area (Å²) in [5, 5.41) is 9.50. The molecule has 0 saturated carbocycles. The van der Waals surface area contributed by atoms with E-state index >= 15 is 0 Å². The van der Waals surface area contributed by atoms with E-state index in [0.29, 0.717) is 31.6 Å². The monoisotopic (exact) mass is 365 g/mol. The van der Waals surface area contributed by atoms with Crippen LogP contribution in [0.25, 0.3) is 6.08 Å². The number of rotatable bonds is 4. The second-order valence-corrected chi connectivity index (χ2v) is 6.14. The van der Waals surface area contributed by atoms with Gasteiger partial charge in [0.15, 0.2) is 0 Å². The predicted molar refractivity (Wildman–Crippen MR) is 89.6 cm³/mol. The highest BCUT2D eigenvalue weighted by Gasteiger charge is 2.33. The number of aryl methyl sites for hydroxylation is 1. The Morgan fingerprint density at radius 1 is 1.31 bits per heavy atom. The van der Waals surface area contributed by atoms with Crippen molar-refractivity contribution in [3.8, 4) is 0 Å². The van der Waals surface area contributed by atoms with Gasteiger partial charge in [-0.25, -0.2) is 9.78 Å². The lowest BCUT2D eigenvalue weighted by Gasteiger charge is -2.35. The number of carboxylic acid groups (broad SMARTS) is 1. The van der Waals surface area contributed by atoms with Gasteiger partial charge in [-0.05, 0) is 36.6 Å². The fraction of sp³-hybridized carbons (Fsp3) is 0.333. The minimum atomic E-state index is -4.37. The Labute approximate surface area is 148 Å². The summed E-state index contributed by atoms with van der Waals surface area (Å²) in [6, 6.07) is 4.54. The van der Waals surface area contributed by atoms with Crippen LogP contribution >= 0.6 is 0 Å². The number of hydrogen-bond donors (Lipinski definition) is 1. The zero-order valence-corrected chi connectivity index (χ0v) is 13.9. The van der Waals surface area contributed by atoms with Crippen LogP contribution in [-0.4, -0.2) is 32.2 Å². The van der Waals surface area contributed by atoms with Gasteiger partial charge < -0.3 is 9.67 Å². The van der Waals surface area contributed by atoms with Crippen molar-refractivity contribution in [1.29, 1.82) is 0 Å². The molecule has 3 rings (SSSR count). The Bertz CT molecular complexity index is 812. The van der Waals surface area contributed by atoms with Crippen LogP contribution in [0.3, 0.4) is 0 Å². The Kier molecular flexibility index (Phi) is 4.76. The van der Waals surface area contributed by atoms with Crippen molar-refractivity contribution in [2.24, 2.45) is 0 Å². The number of benzene rings is 1. The second-order valence-electron chi connectivity index (χ2n) is 6.14. The molecule has 1 unspecified atom stereocenters. The van der Waals surface area contributed by atoms with E-state index in [0.717, 1.165) is 23.4 Å². The topological polar surface area (TPSA) is 58.4 Å². The highest BCUT2D eigenvalue weighted by Crippen LogP contribution is 2.33. The largest absolute Gasteiger partial charge is 0.465 e. The van der Waals surface area contributed by atoms with Gasteiger partial charge in [-0.1, -0.05) is 18.7 Å². The summed E-state index contributed by atoms with van der Waals surface area (Å²) in [6.07, 6.45) is -1.24. The Morgan fingerprint density at radius 2 is 2.00 bits per heavy atom. The number of fused-ring (bicyclic) bond motifs is 1. The van der Waals surface area contributed by atoms with Crippen molar-refractivity contribution in [1.82, 2.24) is 14.5 Å². The van der Waals surface area contributed by atoms with Gasteiger partial charge in [0, 0.05) is 13.1 Å². The Hall–Kier alpha value is -2.77. The fourth-order valence-corrected chi connectivity index (χ4v) is 3.31. The SMILES string of the molecule is C=Cc1ncn2c1C(CCc1ccc(C(F)(F)F)cc1)N(C(=O)O)CC2. The van der Waals surface area contributed by atoms with Crippen molar-refractivity contribution in [2.45, 2.75) is 31.6 Å². The molecular weight excluding hydrogens is 347 g/mol. The highest BCUT2D eigenvalue weighted by atomic mass is 19.4. The minimum Gasteiger partial charge on any atom is -0.465 e. The summed E-state index contributed by atoms with van der Waals surface area (Å²) in [7, 11) is 0. The first-order valence-electron chi connectivity index (χ1n) is 8.14. The molecule has 1 aromatic heterocycles. The molecular formula is C18H18F3N3O2. The molecule has 1 N–H and O–H groups in total. The zero-order valence-electron chi connectivity index (χ0n) is 13.9. The van der Waals surface area contributed by atoms with E-state index in [4.69, 9.17) is 0 Å². The number of amides is 1. The quantitative estimate of drug-likeness (QED) is 0.883. The lowest BCUT2D eigenvalue weighted by Crippen LogP contribution is -2.41. The second kappa shape index (κ2) is 6.86. The first-order chi connectivity index (χ1) is 12.3. The predicted octanol–water partition coefficient (Wildman–Crippen LogP) is 4.21. The molecule has 8 heteroatoms. The van der Waals surface area contributed by atoms with E-state index in [1.165, 1.54) is 17.0 Å². The van der Waals surface area contributed by atoms with Crippen LogP contribution in [0.1, 0.15) is 35.0 Å². The Balaban J connectivity index is 1.82. The van der Waals surface area contributed by atoms with Crippen molar-refractivity contribution < 1.29 is 23.1 Å². The van der Waals surface area contributed by atoms with Crippen LogP contribution in [0.2, 0.25) is 0 Å². The molecule has 0 spiro atoms. The van der Waals surface area contributed by atoms with Crippen LogP contribution in [0.15, 0.2) is 37.2 Å². The van der Waals surface area contributed by atoms with Crippen LogP contribution in [-0.2, 0) is 19.1 Å². The van der Waals surface area contributed by atoms with E-state index in [1.54, 1.807) is 12.4 Å². The van der Waals surface area contributed by atoms with E-state index in [-0.39, 0.29) is 0 Å². The third-order valence-electron chi connectivity index (χ3n) is 4.61. The normalized spacial score (nSPS) is 17.0. The first-order valence-corrected chi connectivity index (χ1v) is 8.14. The number of alkyl halides is 3. The molecule has 1 amide bonds. The number of hydrogen-bond acceptors (Lipinski definition) is 2. The van der Waals surface area contributed by atoms with Gasteiger partial charge in [0.25, 0.3) is 0 Å². The summed E-state index contributed by atoms with van der Waals surface area (Å²) in [6.45, 7) is 4.57. The van der Waals surface area contributed by atoms with Gasteiger partial charge in [0.05, 0.1) is 29.3 Å². The fourth-order valence-electron chi connectivity index (χ4n) is 3.31. The number of nitrogens with zero attached hydrogens (tertiary/aromatic N) is 3. The van der Waals surface area contributed by atoms with Gasteiger partial charge in [-0.3, -0.25) is 4.90 Å². The number of halogens is 3. The molecule has 2 aromatic rings. The highest BCUT2D eigenvalue weighted by molar-refractivity contribution is 5.66. The van der Waals surface area contributed by atoms with E-state index in [9.17, 15) is 23.1 Å². The molecule has 1 aliphatic rings. The maximum absolute atomic E-state index is 12.7. The van der Waals surface area contributed by atoms with Crippen molar-refractivity contribution >= 4 is 12.2 Å². The minimum absolute atomic E-state index is 0.340. The third-order valence-corrected chi connectivity index (χ3v) is 4.61. The summed E-state index contributed by atoms with van der Waals surface area (Å²) in [4.78, 5) is 17.2. The van der Waals surface area contributed by atoms with E-state index in [1.807, 2.05) is 4.57 Å². The molecule has 138 valence electrons. The van der Waals surface area contributed by atoms with Crippen molar-refractivity contribution in [2.75, 3.05) is 6.54 Å². The number of carbonyl (C=O) groups is 1. The molecule has 2 heterocycles. The molecule has 0 saturated heterocycles. The van der Waals surface area contributed by atoms with Gasteiger partial charge in [-0.15, -0.1) is 0 Å². The summed E-state index contributed by atoms with van der Waals surface area (Å²) in [5.41, 5.74) is 1.44. The molecule has 26 heavy (non-hydrogen) atoms. The molecule has 0 radical (unpaired) electrons. The molecule has 1 aromatic carbocycles. The molecule has 0 fully saturated rings. The number of aromatic nitrogens is 2. The van der Waals surface area contributed by atoms with Crippen molar-refractivity contribution in [3.05, 3.63) is 59.7 Å². The molecule has 1 atom stereocenters. The first kappa shape index (κ1) is 18.0. The van der Waals surface area contributed by atoms with Gasteiger partial charge in [0.2, 0.25) is 0 Å². The molecule has 0 bridgehead atoms. The Morgan fingerprint density at radius 3 is 2.58 bits per heavy atom. The zero-order chi connectivity index (χ0) is 18.9. The van der Waals surface area contributed by atoms with Gasteiger partial charge in [-0.2, -0.15) is 13.2 Å². The van der Waals surface area contributed by atoms with E-state index in [2.05, 4.69) is 11.6 Å². The summed E-state index contributed by atoms with van der Waals surface area (Å²) in [5.74, 6) is 0. The molecule has 1 aliphatic heterocycles. The smallest absolute Gasteiger partial charge is 0.416 e. The maximum Gasteiger partial charge on any atom is 0.416 e. The number of imidazole rings is 1. The summed E-state index contributed by atoms with van der Waals surface area (Å²) >= 11 is 0. The van der Waals surface area contributed by atoms with Gasteiger partial charge >= 0.3 is 12.3 Å². The van der Waals surface area contributed by atoms with Gasteiger partial charge in [0.1, 0.15) is 0 Å². The van der Waals surface area contributed by atoms with Crippen LogP contribution < -0.4 is 0 Å². The summed E-state index contributed by atoms with van der Waals surface area (Å²) < 4.78 is 39.9. The standard InChI is InChI=1S/C18H18F3N3O2/c1-2-14-16-15(24(17(25)26)10-9-23(16)11-22-14)8-5-12-3-6-13(7-4-12)18(19,20)21/h2-4,6-7,11,15H,1,5,8-10H2,(H,25,26). The molecule has 5 nitrogen and oxygen atoms in total. The average molecular weight is 365 g/mol. The maximum atomic E-state index is 12.7. The van der Waals surface area contributed by atoms with Crippen LogP contribution in [0, 0.1) is 0 Å². The molecule has 0 aliphatic carbocycles. The van der Waals surface area contributed by atoms with E-state index < -0.39 is 23.9 Å². The van der Waals surface area contributed by atoms with Crippen LogP contribution in [0.5, 0.6) is 0 Å². The lowest BCUT2D eigenvalue weighted by atomic mass is 9.98. The third kappa shape index (κ3) is 3.44.